The number of ether oxygens (including phenoxy) is 1. The highest BCUT2D eigenvalue weighted by atomic mass is 16.5. The number of nitrogens with one attached hydrogen (secondary N) is 1. The zero-order valence-corrected chi connectivity index (χ0v) is 10.3. The highest BCUT2D eigenvalue weighted by molar-refractivity contribution is 5.81. The molecule has 18 heavy (non-hydrogen) atoms. The van der Waals surface area contributed by atoms with E-state index < -0.39 is 0 Å². The van der Waals surface area contributed by atoms with Gasteiger partial charge in [-0.15, -0.1) is 0 Å². The molecule has 0 aliphatic carbocycles. The molecule has 1 saturated heterocycles. The molecule has 2 aromatic rings. The number of rotatable bonds is 3. The summed E-state index contributed by atoms with van der Waals surface area (Å²) < 4.78 is 11.0. The fourth-order valence-corrected chi connectivity index (χ4v) is 2.49. The van der Waals surface area contributed by atoms with Crippen molar-refractivity contribution in [3.63, 3.8) is 0 Å². The first-order valence-corrected chi connectivity index (χ1v) is 6.37. The second-order valence-corrected chi connectivity index (χ2v) is 4.76. The summed E-state index contributed by atoms with van der Waals surface area (Å²) >= 11 is 0. The quantitative estimate of drug-likeness (QED) is 0.867. The zero-order valence-electron chi connectivity index (χ0n) is 10.3. The van der Waals surface area contributed by atoms with Crippen LogP contribution in [0.25, 0.3) is 11.0 Å². The maximum Gasteiger partial charge on any atom is 0.134 e. The number of nitrogens with two attached hydrogens (primary N) is 1. The Hall–Kier alpha value is -1.36. The topological polar surface area (TPSA) is 60.4 Å². The van der Waals surface area contributed by atoms with Crippen molar-refractivity contribution >= 4 is 11.0 Å². The molecule has 0 amide bonds. The second-order valence-electron chi connectivity index (χ2n) is 4.76. The lowest BCUT2D eigenvalue weighted by Gasteiger charge is -2.26. The maximum absolute atomic E-state index is 6.28. The summed E-state index contributed by atoms with van der Waals surface area (Å²) in [6, 6.07) is 8.32. The SMILES string of the molecule is NC(CC1COCCN1)c1coc2ccccc12. The molecule has 2 unspecified atom stereocenters. The minimum absolute atomic E-state index is 0.0205. The van der Waals surface area contributed by atoms with Crippen LogP contribution in [0, 0.1) is 0 Å². The van der Waals surface area contributed by atoms with Gasteiger partial charge in [-0.2, -0.15) is 0 Å². The molecule has 2 heterocycles. The fraction of sp³-hybridized carbons (Fsp3) is 0.429. The molecule has 2 atom stereocenters. The Morgan fingerprint density at radius 1 is 1.39 bits per heavy atom. The van der Waals surface area contributed by atoms with Crippen LogP contribution in [0.4, 0.5) is 0 Å². The van der Waals surface area contributed by atoms with Crippen molar-refractivity contribution in [3.05, 3.63) is 36.1 Å². The van der Waals surface area contributed by atoms with Gasteiger partial charge in [-0.1, -0.05) is 18.2 Å². The molecule has 0 spiro atoms. The van der Waals surface area contributed by atoms with E-state index >= 15 is 0 Å². The number of fused-ring (bicyclic) bond motifs is 1. The molecule has 4 nitrogen and oxygen atoms in total. The van der Waals surface area contributed by atoms with E-state index in [9.17, 15) is 0 Å². The smallest absolute Gasteiger partial charge is 0.134 e. The maximum atomic E-state index is 6.28. The minimum atomic E-state index is -0.0205. The first-order valence-electron chi connectivity index (χ1n) is 6.37. The van der Waals surface area contributed by atoms with E-state index in [0.717, 1.165) is 42.7 Å². The van der Waals surface area contributed by atoms with E-state index in [2.05, 4.69) is 11.4 Å². The Labute approximate surface area is 106 Å². The van der Waals surface area contributed by atoms with Crippen LogP contribution in [0.15, 0.2) is 34.9 Å². The molecule has 4 heteroatoms. The molecule has 0 saturated carbocycles. The Morgan fingerprint density at radius 3 is 3.11 bits per heavy atom. The number of benzene rings is 1. The molecule has 96 valence electrons. The van der Waals surface area contributed by atoms with Gasteiger partial charge in [0.15, 0.2) is 0 Å². The number of para-hydroxylation sites is 1. The molecule has 1 aromatic carbocycles. The van der Waals surface area contributed by atoms with E-state index in [1.54, 1.807) is 6.26 Å². The molecule has 3 N–H and O–H groups in total. The van der Waals surface area contributed by atoms with Crippen molar-refractivity contribution in [1.29, 1.82) is 0 Å². The lowest BCUT2D eigenvalue weighted by molar-refractivity contribution is 0.0720. The summed E-state index contributed by atoms with van der Waals surface area (Å²) in [5, 5.41) is 4.54. The van der Waals surface area contributed by atoms with Crippen LogP contribution in [0.3, 0.4) is 0 Å². The van der Waals surface area contributed by atoms with Crippen LogP contribution in [-0.4, -0.2) is 25.8 Å². The average Bonchev–Trinajstić information content (AvgIpc) is 2.84. The van der Waals surface area contributed by atoms with Gasteiger partial charge in [-0.05, 0) is 12.5 Å². The minimum Gasteiger partial charge on any atom is -0.464 e. The van der Waals surface area contributed by atoms with Crippen LogP contribution in [0.5, 0.6) is 0 Å². The van der Waals surface area contributed by atoms with Gasteiger partial charge >= 0.3 is 0 Å². The molecule has 0 radical (unpaired) electrons. The van der Waals surface area contributed by atoms with Crippen LogP contribution in [0.1, 0.15) is 18.0 Å². The number of hydrogen-bond acceptors (Lipinski definition) is 4. The highest BCUT2D eigenvalue weighted by Gasteiger charge is 2.20. The van der Waals surface area contributed by atoms with Crippen LogP contribution < -0.4 is 11.1 Å². The summed E-state index contributed by atoms with van der Waals surface area (Å²) in [4.78, 5) is 0. The van der Waals surface area contributed by atoms with Crippen molar-refractivity contribution in [2.75, 3.05) is 19.8 Å². The van der Waals surface area contributed by atoms with Gasteiger partial charge in [0, 0.05) is 29.6 Å². The first kappa shape index (κ1) is 11.7. The second kappa shape index (κ2) is 5.10. The molecular formula is C14H18N2O2. The number of furan rings is 1. The summed E-state index contributed by atoms with van der Waals surface area (Å²) in [6.07, 6.45) is 2.64. The van der Waals surface area contributed by atoms with E-state index in [4.69, 9.17) is 14.9 Å². The van der Waals surface area contributed by atoms with E-state index in [-0.39, 0.29) is 6.04 Å². The van der Waals surface area contributed by atoms with Gasteiger partial charge in [0.05, 0.1) is 19.5 Å². The molecule has 3 rings (SSSR count). The molecule has 1 aromatic heterocycles. The fourth-order valence-electron chi connectivity index (χ4n) is 2.49. The van der Waals surface area contributed by atoms with Gasteiger partial charge in [0.25, 0.3) is 0 Å². The highest BCUT2D eigenvalue weighted by Crippen LogP contribution is 2.27. The van der Waals surface area contributed by atoms with Gasteiger partial charge in [-0.3, -0.25) is 0 Å². The third-order valence-corrected chi connectivity index (χ3v) is 3.45. The van der Waals surface area contributed by atoms with Gasteiger partial charge in [0.2, 0.25) is 0 Å². The molecule has 1 fully saturated rings. The van der Waals surface area contributed by atoms with Crippen LogP contribution in [-0.2, 0) is 4.74 Å². The number of morpholine rings is 1. The lowest BCUT2D eigenvalue weighted by atomic mass is 9.99. The average molecular weight is 246 g/mol. The molecule has 1 aliphatic rings. The lowest BCUT2D eigenvalue weighted by Crippen LogP contribution is -2.42. The summed E-state index contributed by atoms with van der Waals surface area (Å²) in [5.41, 5.74) is 8.26. The van der Waals surface area contributed by atoms with Gasteiger partial charge in [0.1, 0.15) is 5.58 Å². The summed E-state index contributed by atoms with van der Waals surface area (Å²) in [7, 11) is 0. The standard InChI is InChI=1S/C14H18N2O2/c15-13(7-10-8-17-6-5-16-10)12-9-18-14-4-2-1-3-11(12)14/h1-4,9-10,13,16H,5-8,15H2. The first-order chi connectivity index (χ1) is 8.84. The Kier molecular flexibility index (Phi) is 3.32. The predicted octanol–water partition coefficient (Wildman–Crippen LogP) is 1.81. The Balaban J connectivity index is 1.76. The van der Waals surface area contributed by atoms with Crippen LogP contribution >= 0.6 is 0 Å². The Morgan fingerprint density at radius 2 is 2.28 bits per heavy atom. The molecular weight excluding hydrogens is 228 g/mol. The van der Waals surface area contributed by atoms with Crippen molar-refractivity contribution in [3.8, 4) is 0 Å². The third-order valence-electron chi connectivity index (χ3n) is 3.45. The Bertz CT molecular complexity index is 517. The predicted molar refractivity (Wildman–Crippen MR) is 70.4 cm³/mol. The van der Waals surface area contributed by atoms with Crippen molar-refractivity contribution in [2.24, 2.45) is 5.73 Å². The van der Waals surface area contributed by atoms with Crippen molar-refractivity contribution in [1.82, 2.24) is 5.32 Å². The van der Waals surface area contributed by atoms with E-state index in [0.29, 0.717) is 6.04 Å². The number of hydrogen-bond donors (Lipinski definition) is 2. The molecule has 1 aliphatic heterocycles. The van der Waals surface area contributed by atoms with Crippen LogP contribution in [0.2, 0.25) is 0 Å². The van der Waals surface area contributed by atoms with Gasteiger partial charge in [-0.25, -0.2) is 0 Å². The summed E-state index contributed by atoms with van der Waals surface area (Å²) in [6.45, 7) is 2.44. The van der Waals surface area contributed by atoms with Gasteiger partial charge < -0.3 is 20.2 Å². The largest absolute Gasteiger partial charge is 0.464 e. The summed E-state index contributed by atoms with van der Waals surface area (Å²) in [5.74, 6) is 0. The van der Waals surface area contributed by atoms with E-state index in [1.807, 2.05) is 18.2 Å². The molecule has 0 bridgehead atoms. The van der Waals surface area contributed by atoms with Crippen molar-refractivity contribution in [2.45, 2.75) is 18.5 Å². The van der Waals surface area contributed by atoms with Crippen molar-refractivity contribution < 1.29 is 9.15 Å². The zero-order chi connectivity index (χ0) is 12.4. The third kappa shape index (κ3) is 2.27. The normalized spacial score (nSPS) is 22.2. The van der Waals surface area contributed by atoms with E-state index in [1.165, 1.54) is 0 Å². The monoisotopic (exact) mass is 246 g/mol.